The van der Waals surface area contributed by atoms with E-state index in [2.05, 4.69) is 10.4 Å². The van der Waals surface area contributed by atoms with Gasteiger partial charge < -0.3 is 10.4 Å². The summed E-state index contributed by atoms with van der Waals surface area (Å²) in [5.41, 5.74) is 0.373. The highest BCUT2D eigenvalue weighted by molar-refractivity contribution is 5.92. The molecule has 106 valence electrons. The Morgan fingerprint density at radius 1 is 1.45 bits per heavy atom. The number of hydrogen-bond donors (Lipinski definition) is 2. The third-order valence-corrected chi connectivity index (χ3v) is 2.84. The fraction of sp³-hybridized carbons (Fsp3) is 0.231. The van der Waals surface area contributed by atoms with Gasteiger partial charge >= 0.3 is 5.97 Å². The van der Waals surface area contributed by atoms with Gasteiger partial charge in [0, 0.05) is 18.7 Å². The van der Waals surface area contributed by atoms with Gasteiger partial charge in [-0.05, 0) is 13.0 Å². The van der Waals surface area contributed by atoms with Crippen LogP contribution in [0, 0.1) is 11.6 Å². The van der Waals surface area contributed by atoms with Crippen molar-refractivity contribution in [3.63, 3.8) is 0 Å². The first-order chi connectivity index (χ1) is 9.54. The molecule has 0 saturated heterocycles. The average molecular weight is 281 g/mol. The summed E-state index contributed by atoms with van der Waals surface area (Å²) in [6.45, 7) is 2.13. The van der Waals surface area contributed by atoms with Crippen molar-refractivity contribution in [1.82, 2.24) is 9.78 Å². The molecule has 0 amide bonds. The Bertz CT molecular complexity index is 641. The van der Waals surface area contributed by atoms with E-state index in [1.165, 1.54) is 23.0 Å². The molecule has 1 aromatic heterocycles. The predicted molar refractivity (Wildman–Crippen MR) is 68.5 cm³/mol. The topological polar surface area (TPSA) is 67.2 Å². The zero-order valence-electron chi connectivity index (χ0n) is 10.7. The first kappa shape index (κ1) is 14.0. The number of nitrogens with one attached hydrogen (secondary N) is 1. The molecule has 0 atom stereocenters. The number of carboxylic acid groups (broad SMARTS) is 1. The Hall–Kier alpha value is -2.44. The monoisotopic (exact) mass is 281 g/mol. The standard InChI is InChI=1S/C13H13F2N3O2/c1-2-18-12(13(19)20)10(7-17-18)16-6-8-4-3-5-9(14)11(8)15/h3-5,7,16H,2,6H2,1H3,(H,19,20). The molecule has 0 bridgehead atoms. The predicted octanol–water partition coefficient (Wildman–Crippen LogP) is 2.49. The highest BCUT2D eigenvalue weighted by Crippen LogP contribution is 2.18. The summed E-state index contributed by atoms with van der Waals surface area (Å²) in [6.07, 6.45) is 1.35. The number of halogens is 2. The zero-order valence-corrected chi connectivity index (χ0v) is 10.7. The molecule has 2 rings (SSSR count). The molecule has 0 aliphatic carbocycles. The van der Waals surface area contributed by atoms with Gasteiger partial charge in [-0.1, -0.05) is 12.1 Å². The van der Waals surface area contributed by atoms with E-state index >= 15 is 0 Å². The van der Waals surface area contributed by atoms with Gasteiger partial charge in [0.05, 0.1) is 11.9 Å². The molecule has 2 aromatic rings. The maximum Gasteiger partial charge on any atom is 0.356 e. The molecule has 0 saturated carbocycles. The molecule has 0 spiro atoms. The van der Waals surface area contributed by atoms with Gasteiger partial charge in [0.15, 0.2) is 17.3 Å². The van der Waals surface area contributed by atoms with Crippen molar-refractivity contribution in [2.24, 2.45) is 0 Å². The van der Waals surface area contributed by atoms with Crippen molar-refractivity contribution >= 4 is 11.7 Å². The lowest BCUT2D eigenvalue weighted by Gasteiger charge is -2.08. The molecular formula is C13H13F2N3O2. The maximum absolute atomic E-state index is 13.5. The first-order valence-corrected chi connectivity index (χ1v) is 6.00. The Morgan fingerprint density at radius 2 is 2.20 bits per heavy atom. The summed E-state index contributed by atoms with van der Waals surface area (Å²) < 4.78 is 27.9. The fourth-order valence-electron chi connectivity index (χ4n) is 1.86. The van der Waals surface area contributed by atoms with Crippen LogP contribution >= 0.6 is 0 Å². The fourth-order valence-corrected chi connectivity index (χ4v) is 1.86. The van der Waals surface area contributed by atoms with Crippen molar-refractivity contribution < 1.29 is 18.7 Å². The number of anilines is 1. The Balaban J connectivity index is 2.21. The number of aromatic carboxylic acids is 1. The second-order valence-electron chi connectivity index (χ2n) is 4.09. The van der Waals surface area contributed by atoms with Crippen molar-refractivity contribution in [2.45, 2.75) is 20.0 Å². The molecule has 0 unspecified atom stereocenters. The Labute approximate surface area is 113 Å². The lowest BCUT2D eigenvalue weighted by molar-refractivity contribution is 0.0684. The minimum atomic E-state index is -1.13. The number of aryl methyl sites for hydroxylation is 1. The minimum absolute atomic E-state index is 0.00990. The van der Waals surface area contributed by atoms with Crippen LogP contribution in [0.1, 0.15) is 23.0 Å². The van der Waals surface area contributed by atoms with Gasteiger partial charge in [0.2, 0.25) is 0 Å². The van der Waals surface area contributed by atoms with Gasteiger partial charge in [0.25, 0.3) is 0 Å². The Morgan fingerprint density at radius 3 is 2.85 bits per heavy atom. The van der Waals surface area contributed by atoms with Crippen molar-refractivity contribution in [3.8, 4) is 0 Å². The summed E-state index contributed by atoms with van der Waals surface area (Å²) in [5, 5.41) is 15.8. The van der Waals surface area contributed by atoms with Crippen LogP contribution in [-0.4, -0.2) is 20.9 Å². The van der Waals surface area contributed by atoms with Crippen LogP contribution in [0.5, 0.6) is 0 Å². The van der Waals surface area contributed by atoms with E-state index in [-0.39, 0.29) is 23.5 Å². The zero-order chi connectivity index (χ0) is 14.7. The molecule has 20 heavy (non-hydrogen) atoms. The molecule has 2 N–H and O–H groups in total. The normalized spacial score (nSPS) is 10.6. The van der Waals surface area contributed by atoms with Crippen LogP contribution in [0.25, 0.3) is 0 Å². The summed E-state index contributed by atoms with van der Waals surface area (Å²) >= 11 is 0. The van der Waals surface area contributed by atoms with Crippen LogP contribution in [0.3, 0.4) is 0 Å². The lowest BCUT2D eigenvalue weighted by atomic mass is 10.2. The van der Waals surface area contributed by atoms with Crippen molar-refractivity contribution in [1.29, 1.82) is 0 Å². The van der Waals surface area contributed by atoms with Crippen LogP contribution < -0.4 is 5.32 Å². The van der Waals surface area contributed by atoms with Gasteiger partial charge in [-0.15, -0.1) is 0 Å². The molecule has 0 fully saturated rings. The molecule has 5 nitrogen and oxygen atoms in total. The van der Waals surface area contributed by atoms with Gasteiger partial charge in [-0.25, -0.2) is 13.6 Å². The quantitative estimate of drug-likeness (QED) is 0.883. The molecule has 0 radical (unpaired) electrons. The van der Waals surface area contributed by atoms with Crippen molar-refractivity contribution in [3.05, 3.63) is 47.3 Å². The minimum Gasteiger partial charge on any atom is -0.476 e. The van der Waals surface area contributed by atoms with E-state index < -0.39 is 17.6 Å². The smallest absolute Gasteiger partial charge is 0.356 e. The number of aromatic nitrogens is 2. The number of rotatable bonds is 5. The van der Waals surface area contributed by atoms with Crippen LogP contribution in [0.4, 0.5) is 14.5 Å². The number of carboxylic acids is 1. The van der Waals surface area contributed by atoms with Gasteiger partial charge in [-0.3, -0.25) is 4.68 Å². The third-order valence-electron chi connectivity index (χ3n) is 2.84. The highest BCUT2D eigenvalue weighted by Gasteiger charge is 2.17. The van der Waals surface area contributed by atoms with E-state index in [4.69, 9.17) is 5.11 Å². The number of benzene rings is 1. The van der Waals surface area contributed by atoms with Crippen molar-refractivity contribution in [2.75, 3.05) is 5.32 Å². The highest BCUT2D eigenvalue weighted by atomic mass is 19.2. The molecule has 1 aromatic carbocycles. The molecule has 0 aliphatic heterocycles. The lowest BCUT2D eigenvalue weighted by Crippen LogP contribution is -2.12. The van der Waals surface area contributed by atoms with Crippen LogP contribution in [-0.2, 0) is 13.1 Å². The summed E-state index contributed by atoms with van der Waals surface area (Å²) in [6, 6.07) is 3.84. The maximum atomic E-state index is 13.5. The molecule has 0 aliphatic rings. The van der Waals surface area contributed by atoms with E-state index in [9.17, 15) is 13.6 Å². The summed E-state index contributed by atoms with van der Waals surface area (Å²) in [7, 11) is 0. The number of nitrogens with zero attached hydrogens (tertiary/aromatic N) is 2. The third kappa shape index (κ3) is 2.61. The van der Waals surface area contributed by atoms with E-state index in [0.29, 0.717) is 6.54 Å². The largest absolute Gasteiger partial charge is 0.476 e. The molecular weight excluding hydrogens is 268 g/mol. The van der Waals surface area contributed by atoms with E-state index in [0.717, 1.165) is 6.07 Å². The molecule has 7 heteroatoms. The SMILES string of the molecule is CCn1ncc(NCc2cccc(F)c2F)c1C(=O)O. The second-order valence-corrected chi connectivity index (χ2v) is 4.09. The number of hydrogen-bond acceptors (Lipinski definition) is 3. The molecule has 1 heterocycles. The van der Waals surface area contributed by atoms with Crippen LogP contribution in [0.15, 0.2) is 24.4 Å². The van der Waals surface area contributed by atoms with Crippen LogP contribution in [0.2, 0.25) is 0 Å². The first-order valence-electron chi connectivity index (χ1n) is 6.00. The average Bonchev–Trinajstić information content (AvgIpc) is 2.83. The van der Waals surface area contributed by atoms with Gasteiger partial charge in [0.1, 0.15) is 0 Å². The number of carbonyl (C=O) groups is 1. The summed E-state index contributed by atoms with van der Waals surface area (Å²) in [5.74, 6) is -3.02. The van der Waals surface area contributed by atoms with Gasteiger partial charge in [-0.2, -0.15) is 5.10 Å². The Kier molecular flexibility index (Phi) is 3.97. The summed E-state index contributed by atoms with van der Waals surface area (Å²) in [4.78, 5) is 11.2. The van der Waals surface area contributed by atoms with E-state index in [1.54, 1.807) is 6.92 Å². The second kappa shape index (κ2) is 5.68. The van der Waals surface area contributed by atoms with E-state index in [1.807, 2.05) is 0 Å².